The van der Waals surface area contributed by atoms with Gasteiger partial charge in [0.2, 0.25) is 0 Å². The SMILES string of the molecule is CN=C(NCC(c1ccccc1OC)N(C)C)NC(C)Cc1ccc(C)s1.I. The van der Waals surface area contributed by atoms with Gasteiger partial charge in [-0.15, -0.1) is 35.3 Å². The maximum absolute atomic E-state index is 5.54. The zero-order valence-electron chi connectivity index (χ0n) is 17.7. The minimum Gasteiger partial charge on any atom is -0.496 e. The number of hydrogen-bond donors (Lipinski definition) is 2. The number of benzene rings is 1. The average Bonchev–Trinajstić information content (AvgIpc) is 3.05. The standard InChI is InChI=1S/C21H32N4OS.HI/c1-15(13-17-12-11-16(2)27-17)24-21(22-3)23-14-19(25(4)5)18-9-7-8-10-20(18)26-6;/h7-12,15,19H,13-14H2,1-6H3,(H2,22,23,24);1H. The molecule has 1 heterocycles. The highest BCUT2D eigenvalue weighted by molar-refractivity contribution is 14.0. The summed E-state index contributed by atoms with van der Waals surface area (Å²) in [5.74, 6) is 1.72. The Balaban J connectivity index is 0.00000392. The van der Waals surface area contributed by atoms with E-state index in [0.29, 0.717) is 6.04 Å². The van der Waals surface area contributed by atoms with E-state index in [2.05, 4.69) is 66.7 Å². The number of methoxy groups -OCH3 is 1. The molecule has 2 N–H and O–H groups in total. The van der Waals surface area contributed by atoms with E-state index in [1.807, 2.05) is 36.6 Å². The number of nitrogens with one attached hydrogen (secondary N) is 2. The fourth-order valence-electron chi connectivity index (χ4n) is 3.08. The third-order valence-electron chi connectivity index (χ3n) is 4.49. The summed E-state index contributed by atoms with van der Waals surface area (Å²) >= 11 is 1.85. The molecule has 5 nitrogen and oxygen atoms in total. The van der Waals surface area contributed by atoms with E-state index in [1.54, 1.807) is 7.11 Å². The van der Waals surface area contributed by atoms with Crippen molar-refractivity contribution < 1.29 is 4.74 Å². The topological polar surface area (TPSA) is 48.9 Å². The summed E-state index contributed by atoms with van der Waals surface area (Å²) in [5.41, 5.74) is 1.16. The molecule has 0 amide bonds. The molecule has 0 aliphatic heterocycles. The maximum Gasteiger partial charge on any atom is 0.191 e. The number of thiophene rings is 1. The lowest BCUT2D eigenvalue weighted by molar-refractivity contribution is 0.287. The third-order valence-corrected chi connectivity index (χ3v) is 5.52. The maximum atomic E-state index is 5.54. The summed E-state index contributed by atoms with van der Waals surface area (Å²) in [4.78, 5) is 9.32. The van der Waals surface area contributed by atoms with Crippen LogP contribution in [0.4, 0.5) is 0 Å². The largest absolute Gasteiger partial charge is 0.496 e. The first-order valence-electron chi connectivity index (χ1n) is 9.26. The minimum absolute atomic E-state index is 0. The molecule has 0 fully saturated rings. The number of para-hydroxylation sites is 1. The van der Waals surface area contributed by atoms with Crippen LogP contribution in [0.2, 0.25) is 0 Å². The Kier molecular flexibility index (Phi) is 10.8. The quantitative estimate of drug-likeness (QED) is 0.316. The molecule has 0 spiro atoms. The first-order valence-corrected chi connectivity index (χ1v) is 10.1. The lowest BCUT2D eigenvalue weighted by Crippen LogP contribution is -2.45. The number of aryl methyl sites for hydroxylation is 1. The second-order valence-corrected chi connectivity index (χ2v) is 8.31. The van der Waals surface area contributed by atoms with E-state index in [0.717, 1.165) is 30.2 Å². The molecule has 28 heavy (non-hydrogen) atoms. The second kappa shape index (κ2) is 12.3. The smallest absolute Gasteiger partial charge is 0.191 e. The van der Waals surface area contributed by atoms with Crippen molar-refractivity contribution in [3.8, 4) is 5.75 Å². The highest BCUT2D eigenvalue weighted by Crippen LogP contribution is 2.27. The van der Waals surface area contributed by atoms with Crippen LogP contribution >= 0.6 is 35.3 Å². The van der Waals surface area contributed by atoms with Crippen molar-refractivity contribution >= 4 is 41.3 Å². The van der Waals surface area contributed by atoms with Crippen molar-refractivity contribution in [2.24, 2.45) is 4.99 Å². The van der Waals surface area contributed by atoms with Crippen LogP contribution in [0.3, 0.4) is 0 Å². The Morgan fingerprint density at radius 2 is 1.93 bits per heavy atom. The Morgan fingerprint density at radius 1 is 1.21 bits per heavy atom. The fourth-order valence-corrected chi connectivity index (χ4v) is 4.10. The monoisotopic (exact) mass is 516 g/mol. The minimum atomic E-state index is 0. The van der Waals surface area contributed by atoms with Gasteiger partial charge in [-0.05, 0) is 46.1 Å². The molecule has 2 unspecified atom stereocenters. The number of likely N-dealkylation sites (N-methyl/N-ethyl adjacent to an activating group) is 1. The van der Waals surface area contributed by atoms with Crippen molar-refractivity contribution in [2.45, 2.75) is 32.4 Å². The normalized spacial score (nSPS) is 13.6. The van der Waals surface area contributed by atoms with Crippen molar-refractivity contribution in [1.29, 1.82) is 0 Å². The number of halogens is 1. The molecular weight excluding hydrogens is 483 g/mol. The zero-order valence-corrected chi connectivity index (χ0v) is 20.8. The predicted octanol–water partition coefficient (Wildman–Crippen LogP) is 4.08. The van der Waals surface area contributed by atoms with Crippen molar-refractivity contribution in [3.05, 3.63) is 51.7 Å². The van der Waals surface area contributed by atoms with E-state index in [-0.39, 0.29) is 30.0 Å². The van der Waals surface area contributed by atoms with Crippen LogP contribution in [-0.4, -0.2) is 51.7 Å². The molecular formula is C21H33IN4OS. The molecule has 0 bridgehead atoms. The lowest BCUT2D eigenvalue weighted by Gasteiger charge is -2.28. The molecule has 156 valence electrons. The fraction of sp³-hybridized carbons (Fsp3) is 0.476. The van der Waals surface area contributed by atoms with Gasteiger partial charge in [0.25, 0.3) is 0 Å². The Labute approximate surface area is 190 Å². The van der Waals surface area contributed by atoms with Gasteiger partial charge >= 0.3 is 0 Å². The predicted molar refractivity (Wildman–Crippen MR) is 132 cm³/mol. The van der Waals surface area contributed by atoms with Crippen LogP contribution in [0.25, 0.3) is 0 Å². The van der Waals surface area contributed by atoms with Crippen LogP contribution in [0.5, 0.6) is 5.75 Å². The molecule has 1 aromatic heterocycles. The van der Waals surface area contributed by atoms with E-state index in [4.69, 9.17) is 4.74 Å². The van der Waals surface area contributed by atoms with Gasteiger partial charge in [0.1, 0.15) is 5.75 Å². The summed E-state index contributed by atoms with van der Waals surface area (Å²) in [7, 11) is 7.69. The van der Waals surface area contributed by atoms with E-state index in [1.165, 1.54) is 9.75 Å². The molecule has 7 heteroatoms. The average molecular weight is 516 g/mol. The molecule has 0 aliphatic rings. The summed E-state index contributed by atoms with van der Waals surface area (Å²) in [6.45, 7) is 5.06. The highest BCUT2D eigenvalue weighted by atomic mass is 127. The van der Waals surface area contributed by atoms with Gasteiger partial charge in [-0.2, -0.15) is 0 Å². The molecule has 0 radical (unpaired) electrons. The molecule has 0 aliphatic carbocycles. The second-order valence-electron chi connectivity index (χ2n) is 6.94. The summed E-state index contributed by atoms with van der Waals surface area (Å²) in [6, 6.07) is 13.0. The number of ether oxygens (including phenoxy) is 1. The number of guanidine groups is 1. The van der Waals surface area contributed by atoms with Gasteiger partial charge in [0, 0.05) is 41.4 Å². The number of nitrogens with zero attached hydrogens (tertiary/aromatic N) is 2. The zero-order chi connectivity index (χ0) is 19.8. The van der Waals surface area contributed by atoms with E-state index in [9.17, 15) is 0 Å². The van der Waals surface area contributed by atoms with Crippen molar-refractivity contribution in [2.75, 3.05) is 34.8 Å². The first-order chi connectivity index (χ1) is 12.9. The highest BCUT2D eigenvalue weighted by Gasteiger charge is 2.19. The Morgan fingerprint density at radius 3 is 2.50 bits per heavy atom. The van der Waals surface area contributed by atoms with E-state index >= 15 is 0 Å². The molecule has 2 atom stereocenters. The molecule has 1 aromatic carbocycles. The molecule has 0 saturated heterocycles. The number of aliphatic imine (C=N–C) groups is 1. The Hall–Kier alpha value is -1.32. The summed E-state index contributed by atoms with van der Waals surface area (Å²) < 4.78 is 5.54. The van der Waals surface area contributed by atoms with Crippen molar-refractivity contribution in [1.82, 2.24) is 15.5 Å². The van der Waals surface area contributed by atoms with Gasteiger partial charge in [-0.25, -0.2) is 0 Å². The lowest BCUT2D eigenvalue weighted by atomic mass is 10.0. The number of rotatable bonds is 8. The van der Waals surface area contributed by atoms with Crippen LogP contribution in [0.1, 0.15) is 28.3 Å². The van der Waals surface area contributed by atoms with E-state index < -0.39 is 0 Å². The van der Waals surface area contributed by atoms with Crippen LogP contribution < -0.4 is 15.4 Å². The molecule has 2 aromatic rings. The van der Waals surface area contributed by atoms with Gasteiger partial charge in [-0.1, -0.05) is 18.2 Å². The van der Waals surface area contributed by atoms with Crippen LogP contribution in [0.15, 0.2) is 41.4 Å². The molecule has 0 saturated carbocycles. The Bertz CT molecular complexity index is 748. The van der Waals surface area contributed by atoms with Crippen molar-refractivity contribution in [3.63, 3.8) is 0 Å². The van der Waals surface area contributed by atoms with Crippen LogP contribution in [-0.2, 0) is 6.42 Å². The summed E-state index contributed by atoms with van der Waals surface area (Å²) in [5, 5.41) is 6.96. The van der Waals surface area contributed by atoms with Crippen LogP contribution in [0, 0.1) is 6.92 Å². The van der Waals surface area contributed by atoms with Gasteiger partial charge < -0.3 is 20.3 Å². The molecule has 2 rings (SSSR count). The number of hydrogen-bond acceptors (Lipinski definition) is 4. The van der Waals surface area contributed by atoms with Gasteiger partial charge in [-0.3, -0.25) is 4.99 Å². The van der Waals surface area contributed by atoms with Gasteiger partial charge in [0.15, 0.2) is 5.96 Å². The first kappa shape index (κ1) is 24.7. The van der Waals surface area contributed by atoms with Gasteiger partial charge in [0.05, 0.1) is 13.2 Å². The third kappa shape index (κ3) is 7.25. The summed E-state index contributed by atoms with van der Waals surface area (Å²) in [6.07, 6.45) is 0.989.